The van der Waals surface area contributed by atoms with Gasteiger partial charge in [-0.05, 0) is 57.2 Å². The summed E-state index contributed by atoms with van der Waals surface area (Å²) in [4.78, 5) is 4.16. The summed E-state index contributed by atoms with van der Waals surface area (Å²) in [6, 6.07) is 3.34. The van der Waals surface area contributed by atoms with Crippen LogP contribution in [0.5, 0.6) is 11.5 Å². The molecule has 1 aromatic carbocycles. The van der Waals surface area contributed by atoms with Crippen molar-refractivity contribution in [2.24, 2.45) is 5.92 Å². The molecule has 1 aromatic heterocycles. The Bertz CT molecular complexity index is 812. The van der Waals surface area contributed by atoms with Crippen LogP contribution in [0.3, 0.4) is 0 Å². The first-order valence-corrected chi connectivity index (χ1v) is 8.51. The third-order valence-electron chi connectivity index (χ3n) is 4.83. The van der Waals surface area contributed by atoms with Crippen LogP contribution in [0.2, 0.25) is 0 Å². The molecule has 0 saturated heterocycles. The first-order valence-electron chi connectivity index (χ1n) is 8.51. The molecule has 25 heavy (non-hydrogen) atoms. The van der Waals surface area contributed by atoms with Crippen molar-refractivity contribution in [1.82, 2.24) is 10.1 Å². The topological polar surface area (TPSA) is 79.4 Å². The van der Waals surface area contributed by atoms with Crippen molar-refractivity contribution in [2.75, 3.05) is 0 Å². The Morgan fingerprint density at radius 3 is 2.52 bits per heavy atom. The lowest BCUT2D eigenvalue weighted by molar-refractivity contribution is 0.380. The average Bonchev–Trinajstić information content (AvgIpc) is 2.91. The van der Waals surface area contributed by atoms with E-state index in [1.807, 2.05) is 6.92 Å². The van der Waals surface area contributed by atoms with E-state index in [2.05, 4.69) is 29.7 Å². The molecular formula is C20H24N2O3. The molecule has 0 amide bonds. The van der Waals surface area contributed by atoms with Gasteiger partial charge in [-0.1, -0.05) is 29.0 Å². The predicted octanol–water partition coefficient (Wildman–Crippen LogP) is 4.40. The van der Waals surface area contributed by atoms with Gasteiger partial charge in [-0.3, -0.25) is 0 Å². The van der Waals surface area contributed by atoms with Gasteiger partial charge in [0, 0.05) is 11.5 Å². The zero-order valence-electron chi connectivity index (χ0n) is 14.9. The maximum Gasteiger partial charge on any atom is 0.231 e. The van der Waals surface area contributed by atoms with Gasteiger partial charge in [0.1, 0.15) is 11.5 Å². The number of aryl methyl sites for hydroxylation is 1. The molecule has 0 spiro atoms. The second-order valence-corrected chi connectivity index (χ2v) is 6.99. The quantitative estimate of drug-likeness (QED) is 0.807. The number of aromatic hydroxyl groups is 2. The summed E-state index contributed by atoms with van der Waals surface area (Å²) >= 11 is 0. The molecule has 1 heterocycles. The number of phenols is 2. The highest BCUT2D eigenvalue weighted by Gasteiger charge is 2.30. The van der Waals surface area contributed by atoms with E-state index in [0.29, 0.717) is 23.7 Å². The van der Waals surface area contributed by atoms with E-state index in [0.717, 1.165) is 24.0 Å². The predicted molar refractivity (Wildman–Crippen MR) is 95.6 cm³/mol. The van der Waals surface area contributed by atoms with Crippen LogP contribution in [0.25, 0.3) is 0 Å². The summed E-state index contributed by atoms with van der Waals surface area (Å²) in [6.45, 7) is 9.94. The number of hydrogen-bond donors (Lipinski definition) is 2. The maximum absolute atomic E-state index is 10.6. The van der Waals surface area contributed by atoms with Crippen LogP contribution >= 0.6 is 0 Å². The summed E-state index contributed by atoms with van der Waals surface area (Å²) in [5.74, 6) is 1.35. The largest absolute Gasteiger partial charge is 0.507 e. The average molecular weight is 340 g/mol. The van der Waals surface area contributed by atoms with Gasteiger partial charge in [0.25, 0.3) is 0 Å². The fourth-order valence-electron chi connectivity index (χ4n) is 3.62. The second-order valence-electron chi connectivity index (χ2n) is 6.99. The number of nitrogens with zero attached hydrogens (tertiary/aromatic N) is 2. The minimum atomic E-state index is -0.0639. The summed E-state index contributed by atoms with van der Waals surface area (Å²) in [5.41, 5.74) is 3.63. The van der Waals surface area contributed by atoms with Crippen molar-refractivity contribution < 1.29 is 14.7 Å². The normalized spacial score (nSPS) is 20.4. The number of phenolic OH excluding ortho intramolecular Hbond substituents is 2. The smallest absolute Gasteiger partial charge is 0.231 e. The Kier molecular flexibility index (Phi) is 4.66. The highest BCUT2D eigenvalue weighted by Crippen LogP contribution is 2.46. The van der Waals surface area contributed by atoms with Crippen molar-refractivity contribution in [1.29, 1.82) is 0 Å². The van der Waals surface area contributed by atoms with Gasteiger partial charge < -0.3 is 14.7 Å². The molecule has 0 aliphatic heterocycles. The number of rotatable bonds is 4. The first kappa shape index (κ1) is 17.3. The molecule has 0 bridgehead atoms. The van der Waals surface area contributed by atoms with E-state index in [-0.39, 0.29) is 23.3 Å². The van der Waals surface area contributed by atoms with Crippen LogP contribution < -0.4 is 0 Å². The molecular weight excluding hydrogens is 316 g/mol. The van der Waals surface area contributed by atoms with Crippen molar-refractivity contribution in [3.8, 4) is 11.5 Å². The zero-order chi connectivity index (χ0) is 18.1. The second kappa shape index (κ2) is 6.75. The van der Waals surface area contributed by atoms with Gasteiger partial charge in [0.05, 0.1) is 6.42 Å². The minimum absolute atomic E-state index is 0.0639. The molecule has 132 valence electrons. The Balaban J connectivity index is 1.96. The molecule has 1 aliphatic rings. The fraction of sp³-hybridized carbons (Fsp3) is 0.400. The van der Waals surface area contributed by atoms with E-state index >= 15 is 0 Å². The molecule has 0 saturated carbocycles. The van der Waals surface area contributed by atoms with E-state index in [4.69, 9.17) is 4.52 Å². The fourth-order valence-corrected chi connectivity index (χ4v) is 3.62. The highest BCUT2D eigenvalue weighted by molar-refractivity contribution is 5.52. The van der Waals surface area contributed by atoms with Crippen molar-refractivity contribution in [3.05, 3.63) is 58.8 Å². The first-order chi connectivity index (χ1) is 11.8. The molecule has 0 radical (unpaired) electrons. The molecule has 2 N–H and O–H groups in total. The molecule has 3 rings (SSSR count). The van der Waals surface area contributed by atoms with Crippen LogP contribution in [-0.4, -0.2) is 20.4 Å². The Morgan fingerprint density at radius 2 is 1.96 bits per heavy atom. The van der Waals surface area contributed by atoms with Crippen LogP contribution in [0, 0.1) is 12.8 Å². The lowest BCUT2D eigenvalue weighted by atomic mass is 9.73. The molecule has 2 atom stereocenters. The Morgan fingerprint density at radius 1 is 1.28 bits per heavy atom. The molecule has 0 fully saturated rings. The Hall–Kier alpha value is -2.56. The van der Waals surface area contributed by atoms with Crippen LogP contribution in [0.1, 0.15) is 55.4 Å². The number of hydrogen-bond acceptors (Lipinski definition) is 5. The number of benzene rings is 1. The SMILES string of the molecule is C=C(C)[C@@H]1CCC(C)=C[C@H]1c1c(O)cc(Cc2nc(C)no2)cc1O. The van der Waals surface area contributed by atoms with Gasteiger partial charge in [-0.15, -0.1) is 0 Å². The van der Waals surface area contributed by atoms with Gasteiger partial charge in [-0.2, -0.15) is 4.98 Å². The molecule has 1 aliphatic carbocycles. The van der Waals surface area contributed by atoms with E-state index in [1.54, 1.807) is 19.1 Å². The monoisotopic (exact) mass is 340 g/mol. The van der Waals surface area contributed by atoms with Crippen molar-refractivity contribution >= 4 is 0 Å². The standard InChI is InChI=1S/C20H24N2O3/c1-11(2)15-6-5-12(3)7-16(15)20-17(23)8-14(9-18(20)24)10-19-21-13(4)22-25-19/h7-9,15-16,23-24H,1,5-6,10H2,2-4H3/t15-,16+/m0/s1. The summed E-state index contributed by atoms with van der Waals surface area (Å²) in [7, 11) is 0. The van der Waals surface area contributed by atoms with Gasteiger partial charge >= 0.3 is 0 Å². The lowest BCUT2D eigenvalue weighted by Gasteiger charge is -2.31. The van der Waals surface area contributed by atoms with E-state index < -0.39 is 0 Å². The van der Waals surface area contributed by atoms with Gasteiger partial charge in [-0.25, -0.2) is 0 Å². The van der Waals surface area contributed by atoms with Gasteiger partial charge in [0.15, 0.2) is 5.82 Å². The zero-order valence-corrected chi connectivity index (χ0v) is 14.9. The maximum atomic E-state index is 10.6. The van der Waals surface area contributed by atoms with Crippen molar-refractivity contribution in [2.45, 2.75) is 46.0 Å². The van der Waals surface area contributed by atoms with Gasteiger partial charge in [0.2, 0.25) is 5.89 Å². The summed E-state index contributed by atoms with van der Waals surface area (Å²) < 4.78 is 5.11. The summed E-state index contributed by atoms with van der Waals surface area (Å²) in [5, 5.41) is 25.0. The number of aromatic nitrogens is 2. The van der Waals surface area contributed by atoms with Crippen molar-refractivity contribution in [3.63, 3.8) is 0 Å². The van der Waals surface area contributed by atoms with E-state index in [1.165, 1.54) is 5.57 Å². The third-order valence-corrected chi connectivity index (χ3v) is 4.83. The molecule has 5 heteroatoms. The Labute approximate surface area is 147 Å². The van der Waals surface area contributed by atoms with E-state index in [9.17, 15) is 10.2 Å². The highest BCUT2D eigenvalue weighted by atomic mass is 16.5. The molecule has 2 aromatic rings. The third kappa shape index (κ3) is 3.60. The molecule has 0 unspecified atom stereocenters. The minimum Gasteiger partial charge on any atom is -0.507 e. The number of allylic oxidation sites excluding steroid dienone is 3. The molecule has 5 nitrogen and oxygen atoms in total. The summed E-state index contributed by atoms with van der Waals surface area (Å²) in [6.07, 6.45) is 4.50. The lowest BCUT2D eigenvalue weighted by Crippen LogP contribution is -2.17. The van der Waals surface area contributed by atoms with Crippen LogP contribution in [0.15, 0.2) is 40.5 Å². The van der Waals surface area contributed by atoms with Crippen LogP contribution in [-0.2, 0) is 6.42 Å². The van der Waals surface area contributed by atoms with Crippen LogP contribution in [0.4, 0.5) is 0 Å².